The molecule has 0 bridgehead atoms. The van der Waals surface area contributed by atoms with E-state index in [0.717, 1.165) is 19.6 Å². The highest BCUT2D eigenvalue weighted by Crippen LogP contribution is 2.43. The number of likely N-dealkylation sites (tertiary alicyclic amines) is 1. The van der Waals surface area contributed by atoms with E-state index >= 15 is 0 Å². The van der Waals surface area contributed by atoms with Gasteiger partial charge in [-0.3, -0.25) is 9.89 Å². The van der Waals surface area contributed by atoms with Crippen molar-refractivity contribution < 1.29 is 17.9 Å². The summed E-state index contributed by atoms with van der Waals surface area (Å²) < 4.78 is 42.6. The molecule has 2 N–H and O–H groups in total. The maximum atomic E-state index is 12.5. The van der Waals surface area contributed by atoms with Crippen LogP contribution in [0.25, 0.3) is 0 Å². The van der Waals surface area contributed by atoms with E-state index in [-0.39, 0.29) is 11.5 Å². The number of methoxy groups -OCH3 is 1. The minimum absolute atomic E-state index is 0.00913. The van der Waals surface area contributed by atoms with Crippen molar-refractivity contribution >= 4 is 5.96 Å². The van der Waals surface area contributed by atoms with Crippen LogP contribution in [0.15, 0.2) is 4.99 Å². The van der Waals surface area contributed by atoms with Gasteiger partial charge in [-0.15, -0.1) is 0 Å². The van der Waals surface area contributed by atoms with Gasteiger partial charge in [0.1, 0.15) is 0 Å². The molecular formula is C16H29F3N4O. The average Bonchev–Trinajstić information content (AvgIpc) is 2.89. The summed E-state index contributed by atoms with van der Waals surface area (Å²) in [6.45, 7) is 1.61. The first-order valence-corrected chi connectivity index (χ1v) is 8.61. The number of hydrogen-bond acceptors (Lipinski definition) is 3. The molecule has 2 aliphatic rings. The Hall–Kier alpha value is -1.02. The molecule has 2 fully saturated rings. The lowest BCUT2D eigenvalue weighted by molar-refractivity contribution is -0.143. The highest BCUT2D eigenvalue weighted by molar-refractivity contribution is 5.80. The van der Waals surface area contributed by atoms with Crippen LogP contribution in [0.1, 0.15) is 32.1 Å². The first kappa shape index (κ1) is 19.3. The first-order valence-electron chi connectivity index (χ1n) is 8.61. The van der Waals surface area contributed by atoms with Gasteiger partial charge in [-0.1, -0.05) is 6.42 Å². The third kappa shape index (κ3) is 5.81. The number of nitrogens with zero attached hydrogens (tertiary/aromatic N) is 2. The van der Waals surface area contributed by atoms with Crippen molar-refractivity contribution in [2.45, 2.75) is 44.3 Å². The molecule has 0 aromatic carbocycles. The van der Waals surface area contributed by atoms with Crippen LogP contribution in [-0.2, 0) is 4.74 Å². The van der Waals surface area contributed by atoms with Crippen molar-refractivity contribution in [1.29, 1.82) is 0 Å². The SMILES string of the molecule is CN=C(NCC1(CCOC)CCC1)NC1CCN(CC(F)(F)F)C1. The van der Waals surface area contributed by atoms with E-state index in [1.807, 2.05) is 0 Å². The minimum atomic E-state index is -4.13. The number of rotatable bonds is 7. The van der Waals surface area contributed by atoms with Gasteiger partial charge in [-0.25, -0.2) is 0 Å². The molecule has 1 saturated heterocycles. The molecule has 0 aromatic heterocycles. The Morgan fingerprint density at radius 1 is 1.38 bits per heavy atom. The van der Waals surface area contributed by atoms with Gasteiger partial charge in [0.2, 0.25) is 0 Å². The Morgan fingerprint density at radius 3 is 2.67 bits per heavy atom. The molecule has 0 amide bonds. The summed E-state index contributed by atoms with van der Waals surface area (Å²) in [5, 5.41) is 6.61. The molecule has 0 radical (unpaired) electrons. The summed E-state index contributed by atoms with van der Waals surface area (Å²) in [5.74, 6) is 0.678. The predicted octanol–water partition coefficient (Wildman–Crippen LogP) is 1.99. The summed E-state index contributed by atoms with van der Waals surface area (Å²) in [6, 6.07) is 0.00913. The predicted molar refractivity (Wildman–Crippen MR) is 88.2 cm³/mol. The molecule has 1 atom stereocenters. The number of guanidine groups is 1. The zero-order valence-corrected chi connectivity index (χ0v) is 14.6. The quantitative estimate of drug-likeness (QED) is 0.545. The largest absolute Gasteiger partial charge is 0.401 e. The van der Waals surface area contributed by atoms with E-state index in [1.165, 1.54) is 24.2 Å². The highest BCUT2D eigenvalue weighted by Gasteiger charge is 2.37. The normalized spacial score (nSPS) is 24.7. The number of halogens is 3. The smallest absolute Gasteiger partial charge is 0.385 e. The Balaban J connectivity index is 1.75. The highest BCUT2D eigenvalue weighted by atomic mass is 19.4. The fourth-order valence-electron chi connectivity index (χ4n) is 3.52. The van der Waals surface area contributed by atoms with Crippen LogP contribution in [0.3, 0.4) is 0 Å². The van der Waals surface area contributed by atoms with Crippen molar-refractivity contribution in [1.82, 2.24) is 15.5 Å². The van der Waals surface area contributed by atoms with E-state index in [0.29, 0.717) is 25.5 Å². The van der Waals surface area contributed by atoms with Crippen LogP contribution >= 0.6 is 0 Å². The molecule has 2 rings (SSSR count). The van der Waals surface area contributed by atoms with Crippen LogP contribution in [-0.4, -0.2) is 70.0 Å². The lowest BCUT2D eigenvalue weighted by Gasteiger charge is -2.42. The molecule has 24 heavy (non-hydrogen) atoms. The van der Waals surface area contributed by atoms with Gasteiger partial charge in [0.05, 0.1) is 6.54 Å². The molecule has 1 heterocycles. The molecule has 0 spiro atoms. The molecule has 5 nitrogen and oxygen atoms in total. The van der Waals surface area contributed by atoms with Crippen LogP contribution in [0, 0.1) is 5.41 Å². The fourth-order valence-corrected chi connectivity index (χ4v) is 3.52. The van der Waals surface area contributed by atoms with E-state index in [9.17, 15) is 13.2 Å². The van der Waals surface area contributed by atoms with E-state index in [4.69, 9.17) is 4.74 Å². The van der Waals surface area contributed by atoms with E-state index < -0.39 is 12.7 Å². The summed E-state index contributed by atoms with van der Waals surface area (Å²) in [4.78, 5) is 5.66. The third-order valence-electron chi connectivity index (χ3n) is 5.12. The van der Waals surface area contributed by atoms with Gasteiger partial charge >= 0.3 is 6.18 Å². The van der Waals surface area contributed by atoms with Crippen molar-refractivity contribution in [2.75, 3.05) is 46.9 Å². The van der Waals surface area contributed by atoms with Crippen molar-refractivity contribution in [3.8, 4) is 0 Å². The summed E-state index contributed by atoms with van der Waals surface area (Å²) >= 11 is 0. The molecule has 1 saturated carbocycles. The van der Waals surface area contributed by atoms with Gasteiger partial charge in [0, 0.05) is 46.4 Å². The maximum Gasteiger partial charge on any atom is 0.401 e. The molecule has 1 unspecified atom stereocenters. The Kier molecular flexibility index (Phi) is 6.74. The Morgan fingerprint density at radius 2 is 2.12 bits per heavy atom. The number of aliphatic imine (C=N–C) groups is 1. The average molecular weight is 350 g/mol. The van der Waals surface area contributed by atoms with E-state index in [1.54, 1.807) is 14.2 Å². The second kappa shape index (κ2) is 8.38. The number of nitrogens with one attached hydrogen (secondary N) is 2. The van der Waals surface area contributed by atoms with Crippen molar-refractivity contribution in [3.05, 3.63) is 0 Å². The number of hydrogen-bond donors (Lipinski definition) is 2. The third-order valence-corrected chi connectivity index (χ3v) is 5.12. The van der Waals surface area contributed by atoms with Crippen molar-refractivity contribution in [3.63, 3.8) is 0 Å². The monoisotopic (exact) mass is 350 g/mol. The Labute approximate surface area is 142 Å². The second-order valence-electron chi connectivity index (χ2n) is 7.00. The van der Waals surface area contributed by atoms with Gasteiger partial charge in [-0.2, -0.15) is 13.2 Å². The molecular weight excluding hydrogens is 321 g/mol. The van der Waals surface area contributed by atoms with Gasteiger partial charge in [0.15, 0.2) is 5.96 Å². The zero-order valence-electron chi connectivity index (χ0n) is 14.6. The van der Waals surface area contributed by atoms with Crippen LogP contribution in [0.2, 0.25) is 0 Å². The van der Waals surface area contributed by atoms with Gasteiger partial charge in [-0.05, 0) is 31.1 Å². The second-order valence-corrected chi connectivity index (χ2v) is 7.00. The molecule has 1 aliphatic heterocycles. The minimum Gasteiger partial charge on any atom is -0.385 e. The lowest BCUT2D eigenvalue weighted by Crippen LogP contribution is -2.50. The molecule has 1 aliphatic carbocycles. The standard InChI is InChI=1S/C16H29F3N4O/c1-20-14(21-11-15(5-3-6-15)7-9-24-2)22-13-4-8-23(10-13)12-16(17,18)19/h13H,3-12H2,1-2H3,(H2,20,21,22). The number of ether oxygens (including phenoxy) is 1. The molecule has 140 valence electrons. The molecule has 0 aromatic rings. The Bertz CT molecular complexity index is 424. The van der Waals surface area contributed by atoms with Crippen molar-refractivity contribution in [2.24, 2.45) is 10.4 Å². The summed E-state index contributed by atoms with van der Waals surface area (Å²) in [6.07, 6.45) is 1.20. The fraction of sp³-hybridized carbons (Fsp3) is 0.938. The topological polar surface area (TPSA) is 48.9 Å². The first-order chi connectivity index (χ1) is 11.4. The van der Waals surface area contributed by atoms with Gasteiger partial charge in [0.25, 0.3) is 0 Å². The lowest BCUT2D eigenvalue weighted by atomic mass is 9.67. The summed E-state index contributed by atoms with van der Waals surface area (Å²) in [7, 11) is 3.41. The van der Waals surface area contributed by atoms with E-state index in [2.05, 4.69) is 15.6 Å². The van der Waals surface area contributed by atoms with Gasteiger partial charge < -0.3 is 15.4 Å². The van der Waals surface area contributed by atoms with Crippen LogP contribution in [0.5, 0.6) is 0 Å². The maximum absolute atomic E-state index is 12.5. The van der Waals surface area contributed by atoms with Crippen LogP contribution in [0.4, 0.5) is 13.2 Å². The zero-order chi connectivity index (χ0) is 17.6. The van der Waals surface area contributed by atoms with Crippen LogP contribution < -0.4 is 10.6 Å². The summed E-state index contributed by atoms with van der Waals surface area (Å²) in [5.41, 5.74) is 0.269. The molecule has 8 heteroatoms. The number of alkyl halides is 3.